The summed E-state index contributed by atoms with van der Waals surface area (Å²) in [4.78, 5) is 10.7. The van der Waals surface area contributed by atoms with Gasteiger partial charge >= 0.3 is 6.09 Å². The monoisotopic (exact) mass is 228 g/mol. The van der Waals surface area contributed by atoms with E-state index in [-0.39, 0.29) is 0 Å². The van der Waals surface area contributed by atoms with Crippen LogP contribution in [0, 0.1) is 5.92 Å². The van der Waals surface area contributed by atoms with Gasteiger partial charge in [-0.3, -0.25) is 0 Å². The number of primary amides is 1. The zero-order chi connectivity index (χ0) is 12.0. The molecule has 0 aliphatic carbocycles. The van der Waals surface area contributed by atoms with Gasteiger partial charge in [0.1, 0.15) is 5.60 Å². The molecule has 4 nitrogen and oxygen atoms in total. The molecule has 0 aromatic rings. The third-order valence-electron chi connectivity index (χ3n) is 3.23. The highest BCUT2D eigenvalue weighted by atomic mass is 16.6. The summed E-state index contributed by atoms with van der Waals surface area (Å²) in [6.07, 6.45) is 5.10. The summed E-state index contributed by atoms with van der Waals surface area (Å²) in [5.41, 5.74) is 4.61. The van der Waals surface area contributed by atoms with Gasteiger partial charge in [-0.2, -0.15) is 0 Å². The van der Waals surface area contributed by atoms with Gasteiger partial charge in [0.05, 0.1) is 0 Å². The summed E-state index contributed by atoms with van der Waals surface area (Å²) in [6.45, 7) is 6.12. The number of amides is 1. The van der Waals surface area contributed by atoms with Crippen molar-refractivity contribution in [2.75, 3.05) is 13.1 Å². The van der Waals surface area contributed by atoms with Crippen molar-refractivity contribution in [3.63, 3.8) is 0 Å². The van der Waals surface area contributed by atoms with Crippen LogP contribution in [0.25, 0.3) is 0 Å². The molecule has 0 spiro atoms. The highest BCUT2D eigenvalue weighted by Gasteiger charge is 2.22. The Labute approximate surface area is 97.9 Å². The fourth-order valence-electron chi connectivity index (χ4n) is 2.31. The smallest absolute Gasteiger partial charge is 0.405 e. The van der Waals surface area contributed by atoms with E-state index in [9.17, 15) is 4.79 Å². The van der Waals surface area contributed by atoms with Gasteiger partial charge in [0.2, 0.25) is 0 Å². The third kappa shape index (κ3) is 5.35. The summed E-state index contributed by atoms with van der Waals surface area (Å²) in [5, 5.41) is 3.36. The summed E-state index contributed by atoms with van der Waals surface area (Å²) in [5.74, 6) is 0.839. The van der Waals surface area contributed by atoms with Gasteiger partial charge in [-0.1, -0.05) is 6.42 Å². The quantitative estimate of drug-likeness (QED) is 0.756. The van der Waals surface area contributed by atoms with Crippen molar-refractivity contribution in [2.45, 2.75) is 51.6 Å². The molecule has 1 fully saturated rings. The highest BCUT2D eigenvalue weighted by molar-refractivity contribution is 5.65. The van der Waals surface area contributed by atoms with Crippen LogP contribution in [0.4, 0.5) is 4.79 Å². The molecule has 0 saturated carbocycles. The van der Waals surface area contributed by atoms with Crippen LogP contribution in [0.2, 0.25) is 0 Å². The van der Waals surface area contributed by atoms with Crippen LogP contribution in [-0.2, 0) is 4.74 Å². The minimum absolute atomic E-state index is 0.418. The van der Waals surface area contributed by atoms with Gasteiger partial charge in [0, 0.05) is 0 Å². The van der Waals surface area contributed by atoms with Crippen molar-refractivity contribution in [3.05, 3.63) is 0 Å². The Morgan fingerprint density at radius 3 is 2.62 bits per heavy atom. The Morgan fingerprint density at radius 2 is 2.06 bits per heavy atom. The normalized spacial score (nSPS) is 18.4. The number of nitrogens with one attached hydrogen (secondary N) is 1. The Hall–Kier alpha value is -0.770. The second-order valence-electron chi connectivity index (χ2n) is 5.27. The molecule has 1 saturated heterocycles. The molecular formula is C12H24N2O2. The van der Waals surface area contributed by atoms with Crippen LogP contribution in [0.3, 0.4) is 0 Å². The molecule has 0 radical (unpaired) electrons. The van der Waals surface area contributed by atoms with Crippen LogP contribution in [-0.4, -0.2) is 24.8 Å². The molecule has 0 atom stereocenters. The number of ether oxygens (including phenoxy) is 1. The summed E-state index contributed by atoms with van der Waals surface area (Å²) >= 11 is 0. The molecular weight excluding hydrogens is 204 g/mol. The Bertz CT molecular complexity index is 223. The predicted octanol–water partition coefficient (Wildman–Crippen LogP) is 2.03. The van der Waals surface area contributed by atoms with Crippen LogP contribution in [0.1, 0.15) is 46.0 Å². The number of hydrogen-bond acceptors (Lipinski definition) is 3. The second kappa shape index (κ2) is 6.09. The molecule has 3 N–H and O–H groups in total. The largest absolute Gasteiger partial charge is 0.444 e. The third-order valence-corrected chi connectivity index (χ3v) is 3.23. The number of carbonyl (C=O) groups excluding carboxylic acids is 1. The van der Waals surface area contributed by atoms with Crippen LogP contribution < -0.4 is 11.1 Å². The first-order chi connectivity index (χ1) is 7.49. The fourth-order valence-corrected chi connectivity index (χ4v) is 2.31. The first kappa shape index (κ1) is 13.3. The molecule has 1 rings (SSSR count). The Morgan fingerprint density at radius 1 is 1.44 bits per heavy atom. The molecule has 1 heterocycles. The fraction of sp³-hybridized carbons (Fsp3) is 0.917. The SMILES string of the molecule is CC(C)(CCCC1CCNCC1)OC(N)=O. The van der Waals surface area contributed by atoms with E-state index in [1.807, 2.05) is 13.8 Å². The molecule has 0 aromatic carbocycles. The maximum absolute atomic E-state index is 10.7. The predicted molar refractivity (Wildman–Crippen MR) is 64.2 cm³/mol. The highest BCUT2D eigenvalue weighted by Crippen LogP contribution is 2.23. The Kier molecular flexibility index (Phi) is 5.06. The molecule has 1 amide bonds. The van der Waals surface area contributed by atoms with Crippen LogP contribution in [0.15, 0.2) is 0 Å². The van der Waals surface area contributed by atoms with Gasteiger partial charge in [-0.15, -0.1) is 0 Å². The lowest BCUT2D eigenvalue weighted by molar-refractivity contribution is 0.0361. The van der Waals surface area contributed by atoms with E-state index in [2.05, 4.69) is 5.32 Å². The van der Waals surface area contributed by atoms with E-state index >= 15 is 0 Å². The topological polar surface area (TPSA) is 64.3 Å². The molecule has 0 unspecified atom stereocenters. The molecule has 0 aromatic heterocycles. The summed E-state index contributed by atoms with van der Waals surface area (Å²) < 4.78 is 5.05. The molecule has 94 valence electrons. The van der Waals surface area contributed by atoms with E-state index in [0.29, 0.717) is 0 Å². The van der Waals surface area contributed by atoms with Gasteiger partial charge in [-0.25, -0.2) is 4.79 Å². The van der Waals surface area contributed by atoms with E-state index in [0.717, 1.165) is 31.8 Å². The number of hydrogen-bond donors (Lipinski definition) is 2. The lowest BCUT2D eigenvalue weighted by atomic mass is 9.90. The standard InChI is InChI=1S/C12H24N2O2/c1-12(2,16-11(13)15)7-3-4-10-5-8-14-9-6-10/h10,14H,3-9H2,1-2H3,(H2,13,15). The van der Waals surface area contributed by atoms with E-state index in [1.54, 1.807) is 0 Å². The van der Waals surface area contributed by atoms with Crippen molar-refractivity contribution in [1.82, 2.24) is 5.32 Å². The second-order valence-corrected chi connectivity index (χ2v) is 5.27. The average Bonchev–Trinajstić information content (AvgIpc) is 2.16. The van der Waals surface area contributed by atoms with Crippen molar-refractivity contribution in [1.29, 1.82) is 0 Å². The van der Waals surface area contributed by atoms with Crippen molar-refractivity contribution < 1.29 is 9.53 Å². The zero-order valence-corrected chi connectivity index (χ0v) is 10.4. The first-order valence-electron chi connectivity index (χ1n) is 6.19. The van der Waals surface area contributed by atoms with Crippen LogP contribution in [0.5, 0.6) is 0 Å². The zero-order valence-electron chi connectivity index (χ0n) is 10.4. The van der Waals surface area contributed by atoms with E-state index < -0.39 is 11.7 Å². The maximum Gasteiger partial charge on any atom is 0.405 e. The molecule has 4 heteroatoms. The van der Waals surface area contributed by atoms with Gasteiger partial charge in [0.15, 0.2) is 0 Å². The minimum atomic E-state index is -0.674. The first-order valence-corrected chi connectivity index (χ1v) is 6.19. The number of nitrogens with two attached hydrogens (primary N) is 1. The minimum Gasteiger partial charge on any atom is -0.444 e. The summed E-state index contributed by atoms with van der Waals surface area (Å²) in [6, 6.07) is 0. The number of carbonyl (C=O) groups is 1. The lowest BCUT2D eigenvalue weighted by Gasteiger charge is -2.26. The van der Waals surface area contributed by atoms with Crippen molar-refractivity contribution >= 4 is 6.09 Å². The summed E-state index contributed by atoms with van der Waals surface area (Å²) in [7, 11) is 0. The molecule has 16 heavy (non-hydrogen) atoms. The average molecular weight is 228 g/mol. The number of piperidine rings is 1. The van der Waals surface area contributed by atoms with Gasteiger partial charge < -0.3 is 15.8 Å². The van der Waals surface area contributed by atoms with Gasteiger partial charge in [0.25, 0.3) is 0 Å². The van der Waals surface area contributed by atoms with Gasteiger partial charge in [-0.05, 0) is 58.5 Å². The Balaban J connectivity index is 2.15. The number of rotatable bonds is 5. The van der Waals surface area contributed by atoms with E-state index in [4.69, 9.17) is 10.5 Å². The molecule has 0 bridgehead atoms. The lowest BCUT2D eigenvalue weighted by Crippen LogP contribution is -2.31. The van der Waals surface area contributed by atoms with E-state index in [1.165, 1.54) is 19.3 Å². The van der Waals surface area contributed by atoms with Crippen molar-refractivity contribution in [2.24, 2.45) is 11.7 Å². The molecule has 1 aliphatic heterocycles. The van der Waals surface area contributed by atoms with Crippen LogP contribution >= 0.6 is 0 Å². The maximum atomic E-state index is 10.7. The van der Waals surface area contributed by atoms with Crippen molar-refractivity contribution in [3.8, 4) is 0 Å². The molecule has 1 aliphatic rings.